The minimum Gasteiger partial charge on any atom is -0.379 e. The second-order valence-corrected chi connectivity index (χ2v) is 4.52. The van der Waals surface area contributed by atoms with Crippen molar-refractivity contribution in [1.82, 2.24) is 15.6 Å². The van der Waals surface area contributed by atoms with Gasteiger partial charge in [0.15, 0.2) is 5.96 Å². The Bertz CT molecular complexity index is 496. The van der Waals surface area contributed by atoms with Crippen molar-refractivity contribution in [3.8, 4) is 0 Å². The summed E-state index contributed by atoms with van der Waals surface area (Å²) in [5.74, 6) is -0.392. The molecule has 3 heterocycles. The van der Waals surface area contributed by atoms with Crippen LogP contribution in [0.4, 0.5) is 0 Å². The maximum absolute atomic E-state index is 6.26. The van der Waals surface area contributed by atoms with Crippen LogP contribution >= 0.6 is 0 Å². The Morgan fingerprint density at radius 3 is 3.00 bits per heavy atom. The van der Waals surface area contributed by atoms with Crippen LogP contribution < -0.4 is 16.4 Å². The van der Waals surface area contributed by atoms with Gasteiger partial charge in [0.25, 0.3) is 0 Å². The molecule has 7 heteroatoms. The molecule has 2 atom stereocenters. The van der Waals surface area contributed by atoms with E-state index in [1.807, 2.05) is 12.1 Å². The quantitative estimate of drug-likeness (QED) is 0.667. The van der Waals surface area contributed by atoms with Gasteiger partial charge in [-0.2, -0.15) is 0 Å². The van der Waals surface area contributed by atoms with Crippen molar-refractivity contribution in [3.05, 3.63) is 30.1 Å². The maximum atomic E-state index is 6.26. The molecule has 0 bridgehead atoms. The number of pyridine rings is 1. The molecule has 0 radical (unpaired) electrons. The molecule has 3 rings (SSSR count). The highest BCUT2D eigenvalue weighted by molar-refractivity contribution is 5.92. The minimum absolute atomic E-state index is 0.170. The molecule has 2 unspecified atom stereocenters. The van der Waals surface area contributed by atoms with E-state index in [0.717, 1.165) is 18.6 Å². The van der Waals surface area contributed by atoms with E-state index in [0.29, 0.717) is 12.6 Å². The van der Waals surface area contributed by atoms with Crippen LogP contribution in [0.15, 0.2) is 34.5 Å². The number of nitrogens with zero attached hydrogens (tertiary/aromatic N) is 3. The molecule has 2 aliphatic heterocycles. The maximum Gasteiger partial charge on any atom is 0.213 e. The third-order valence-corrected chi connectivity index (χ3v) is 3.12. The first-order valence-electron chi connectivity index (χ1n) is 6.20. The van der Waals surface area contributed by atoms with Gasteiger partial charge in [-0.1, -0.05) is 0 Å². The van der Waals surface area contributed by atoms with Crippen molar-refractivity contribution in [3.63, 3.8) is 0 Å². The number of aromatic nitrogens is 1. The van der Waals surface area contributed by atoms with Gasteiger partial charge < -0.3 is 15.4 Å². The van der Waals surface area contributed by atoms with Gasteiger partial charge in [-0.3, -0.25) is 10.7 Å². The van der Waals surface area contributed by atoms with Crippen molar-refractivity contribution in [2.24, 2.45) is 15.7 Å². The molecule has 0 saturated carbocycles. The highest BCUT2D eigenvalue weighted by atomic mass is 16.5. The Labute approximate surface area is 111 Å². The van der Waals surface area contributed by atoms with Crippen molar-refractivity contribution in [2.45, 2.75) is 18.2 Å². The van der Waals surface area contributed by atoms with Gasteiger partial charge in [-0.15, -0.1) is 0 Å². The number of aliphatic imine (C=N–C) groups is 2. The summed E-state index contributed by atoms with van der Waals surface area (Å²) in [5.41, 5.74) is 7.09. The van der Waals surface area contributed by atoms with Crippen LogP contribution in [-0.2, 0) is 10.5 Å². The standard InChI is InChI=1S/C12H16N6O/c13-12(9-1-4-14-5-2-9)16-8-15-11(18-12)17-10-3-6-19-7-10/h1-2,4-5,8,10H,3,6-7,13H2,(H2,15,16,17,18). The number of nitrogens with one attached hydrogen (secondary N) is 2. The fourth-order valence-electron chi connectivity index (χ4n) is 2.07. The SMILES string of the molecule is NC1(c2ccncc2)N=CNC(=NC2CCOC2)N1. The average Bonchev–Trinajstić information content (AvgIpc) is 2.93. The second-order valence-electron chi connectivity index (χ2n) is 4.52. The van der Waals surface area contributed by atoms with Crippen molar-refractivity contribution >= 4 is 12.3 Å². The Morgan fingerprint density at radius 1 is 1.42 bits per heavy atom. The molecule has 1 aromatic heterocycles. The summed E-state index contributed by atoms with van der Waals surface area (Å²) in [6.07, 6.45) is 5.86. The smallest absolute Gasteiger partial charge is 0.213 e. The van der Waals surface area contributed by atoms with Gasteiger partial charge in [0.2, 0.25) is 5.79 Å². The molecule has 0 amide bonds. The zero-order valence-corrected chi connectivity index (χ0v) is 10.4. The van der Waals surface area contributed by atoms with Crippen LogP contribution in [0.1, 0.15) is 12.0 Å². The number of guanidine groups is 1. The zero-order valence-electron chi connectivity index (χ0n) is 10.4. The number of nitrogens with two attached hydrogens (primary N) is 1. The molecule has 1 fully saturated rings. The van der Waals surface area contributed by atoms with Gasteiger partial charge in [-0.05, 0) is 18.6 Å². The van der Waals surface area contributed by atoms with Gasteiger partial charge >= 0.3 is 0 Å². The first-order valence-corrected chi connectivity index (χ1v) is 6.20. The lowest BCUT2D eigenvalue weighted by Gasteiger charge is -2.31. The van der Waals surface area contributed by atoms with E-state index >= 15 is 0 Å². The molecule has 0 aliphatic carbocycles. The van der Waals surface area contributed by atoms with Crippen LogP contribution in [0.5, 0.6) is 0 Å². The molecular formula is C12H16N6O. The summed E-state index contributed by atoms with van der Waals surface area (Å²) < 4.78 is 5.30. The zero-order chi connectivity index (χ0) is 13.1. The Hall–Kier alpha value is -1.99. The highest BCUT2D eigenvalue weighted by Crippen LogP contribution is 2.17. The highest BCUT2D eigenvalue weighted by Gasteiger charge is 2.30. The van der Waals surface area contributed by atoms with E-state index in [1.54, 1.807) is 18.7 Å². The predicted molar refractivity (Wildman–Crippen MR) is 71.5 cm³/mol. The average molecular weight is 260 g/mol. The summed E-state index contributed by atoms with van der Waals surface area (Å²) in [5, 5.41) is 6.08. The van der Waals surface area contributed by atoms with Crippen LogP contribution in [0.3, 0.4) is 0 Å². The first kappa shape index (κ1) is 12.1. The van der Waals surface area contributed by atoms with Gasteiger partial charge in [0.05, 0.1) is 19.0 Å². The third-order valence-electron chi connectivity index (χ3n) is 3.12. The van der Waals surface area contributed by atoms with E-state index in [4.69, 9.17) is 10.5 Å². The van der Waals surface area contributed by atoms with Crippen LogP contribution in [0.2, 0.25) is 0 Å². The van der Waals surface area contributed by atoms with Crippen molar-refractivity contribution in [1.29, 1.82) is 0 Å². The third kappa shape index (κ3) is 2.56. The Balaban J connectivity index is 1.81. The molecule has 1 saturated heterocycles. The molecule has 100 valence electrons. The molecule has 19 heavy (non-hydrogen) atoms. The summed E-state index contributed by atoms with van der Waals surface area (Å²) in [6, 6.07) is 3.82. The lowest BCUT2D eigenvalue weighted by atomic mass is 10.1. The topological polar surface area (TPSA) is 96.9 Å². The van der Waals surface area contributed by atoms with Gasteiger partial charge in [0.1, 0.15) is 0 Å². The van der Waals surface area contributed by atoms with E-state index in [1.165, 1.54) is 0 Å². The van der Waals surface area contributed by atoms with E-state index in [-0.39, 0.29) is 6.04 Å². The Kier molecular flexibility index (Phi) is 3.14. The number of hydrogen-bond donors (Lipinski definition) is 3. The van der Waals surface area contributed by atoms with Crippen LogP contribution in [0, 0.1) is 0 Å². The molecule has 4 N–H and O–H groups in total. The normalized spacial score (nSPS) is 32.1. The van der Waals surface area contributed by atoms with Crippen molar-refractivity contribution in [2.75, 3.05) is 13.2 Å². The number of hydrogen-bond acceptors (Lipinski definition) is 5. The summed E-state index contributed by atoms with van der Waals surface area (Å²) in [4.78, 5) is 12.8. The second kappa shape index (κ2) is 4.94. The number of rotatable bonds is 2. The lowest BCUT2D eigenvalue weighted by molar-refractivity contribution is 0.194. The molecule has 1 aromatic rings. The predicted octanol–water partition coefficient (Wildman–Crippen LogP) is -0.483. The molecular weight excluding hydrogens is 244 g/mol. The summed E-state index contributed by atoms with van der Waals surface area (Å²) in [7, 11) is 0. The minimum atomic E-state index is -1.01. The monoisotopic (exact) mass is 260 g/mol. The fraction of sp³-hybridized carbons (Fsp3) is 0.417. The number of ether oxygens (including phenoxy) is 1. The molecule has 0 spiro atoms. The largest absolute Gasteiger partial charge is 0.379 e. The van der Waals surface area contributed by atoms with Crippen LogP contribution in [0.25, 0.3) is 0 Å². The lowest BCUT2D eigenvalue weighted by Crippen LogP contribution is -2.59. The van der Waals surface area contributed by atoms with E-state index in [2.05, 4.69) is 25.6 Å². The van der Waals surface area contributed by atoms with Crippen molar-refractivity contribution < 1.29 is 4.74 Å². The summed E-state index contributed by atoms with van der Waals surface area (Å²) in [6.45, 7) is 1.41. The van der Waals surface area contributed by atoms with Gasteiger partial charge in [-0.25, -0.2) is 9.98 Å². The first-order chi connectivity index (χ1) is 9.26. The van der Waals surface area contributed by atoms with Gasteiger partial charge in [0, 0.05) is 24.6 Å². The molecule has 7 nitrogen and oxygen atoms in total. The Morgan fingerprint density at radius 2 is 2.26 bits per heavy atom. The fourth-order valence-corrected chi connectivity index (χ4v) is 2.07. The van der Waals surface area contributed by atoms with Crippen LogP contribution in [-0.4, -0.2) is 36.5 Å². The van der Waals surface area contributed by atoms with E-state index < -0.39 is 5.79 Å². The molecule has 2 aliphatic rings. The summed E-state index contributed by atoms with van der Waals surface area (Å²) >= 11 is 0. The molecule has 0 aromatic carbocycles. The van der Waals surface area contributed by atoms with E-state index in [9.17, 15) is 0 Å².